The number of carbonyl (C=O) groups excluding carboxylic acids is 1. The van der Waals surface area contributed by atoms with Gasteiger partial charge in [-0.05, 0) is 45.5 Å². The third kappa shape index (κ3) is 6.52. The maximum Gasteiger partial charge on any atom is 0.328 e. The molecule has 1 atom stereocenters. The lowest BCUT2D eigenvalue weighted by Gasteiger charge is -2.23. The Morgan fingerprint density at radius 1 is 1.30 bits per heavy atom. The number of ether oxygens (including phenoxy) is 1. The van der Waals surface area contributed by atoms with Gasteiger partial charge in [0.2, 0.25) is 0 Å². The summed E-state index contributed by atoms with van der Waals surface area (Å²) in [4.78, 5) is 11.8. The van der Waals surface area contributed by atoms with Gasteiger partial charge in [0.05, 0.1) is 0 Å². The van der Waals surface area contributed by atoms with E-state index in [2.05, 4.69) is 10.6 Å². The Morgan fingerprint density at radius 3 is 2.45 bits per heavy atom. The van der Waals surface area contributed by atoms with Crippen molar-refractivity contribution in [3.8, 4) is 0 Å². The molecule has 0 fully saturated rings. The van der Waals surface area contributed by atoms with Gasteiger partial charge in [-0.25, -0.2) is 4.79 Å². The maximum atomic E-state index is 11.8. The highest BCUT2D eigenvalue weighted by molar-refractivity contribution is 7.80. The molecule has 0 heterocycles. The highest BCUT2D eigenvalue weighted by Gasteiger charge is 2.21. The molecule has 4 nitrogen and oxygen atoms in total. The number of hydrogen-bond donors (Lipinski definition) is 2. The zero-order chi connectivity index (χ0) is 15.2. The predicted octanol–water partition coefficient (Wildman–Crippen LogP) is 2.38. The largest absolute Gasteiger partial charge is 0.458 e. The minimum absolute atomic E-state index is 0.318. The van der Waals surface area contributed by atoms with Gasteiger partial charge in [-0.1, -0.05) is 30.3 Å². The Balaban J connectivity index is 2.36. The Labute approximate surface area is 125 Å². The van der Waals surface area contributed by atoms with Gasteiger partial charge in [0.15, 0.2) is 5.11 Å². The minimum atomic E-state index is -0.494. The van der Waals surface area contributed by atoms with Crippen LogP contribution in [0.3, 0.4) is 0 Å². The van der Waals surface area contributed by atoms with Crippen LogP contribution < -0.4 is 10.6 Å². The van der Waals surface area contributed by atoms with Gasteiger partial charge >= 0.3 is 5.97 Å². The monoisotopic (exact) mass is 294 g/mol. The van der Waals surface area contributed by atoms with E-state index in [9.17, 15) is 4.79 Å². The summed E-state index contributed by atoms with van der Waals surface area (Å²) in [5.74, 6) is -0.318. The number of thiocarbonyl (C=S) groups is 1. The lowest BCUT2D eigenvalue weighted by atomic mass is 10.2. The molecular weight excluding hydrogens is 272 g/mol. The highest BCUT2D eigenvalue weighted by Crippen LogP contribution is 2.08. The standard InChI is InChI=1S/C15H22N2O2S/c1-11(13(18)19-15(2,3)4)17-14(20)16-10-12-8-6-5-7-9-12/h5-9,11H,10H2,1-4H3,(H2,16,17,20). The van der Waals surface area contributed by atoms with E-state index >= 15 is 0 Å². The van der Waals surface area contributed by atoms with E-state index in [1.54, 1.807) is 6.92 Å². The van der Waals surface area contributed by atoms with Gasteiger partial charge < -0.3 is 15.4 Å². The van der Waals surface area contributed by atoms with Crippen molar-refractivity contribution in [3.05, 3.63) is 35.9 Å². The van der Waals surface area contributed by atoms with E-state index in [0.29, 0.717) is 11.7 Å². The van der Waals surface area contributed by atoms with Crippen LogP contribution in [0.5, 0.6) is 0 Å². The molecule has 0 saturated carbocycles. The third-order valence-electron chi connectivity index (χ3n) is 2.40. The van der Waals surface area contributed by atoms with Crippen molar-refractivity contribution >= 4 is 23.3 Å². The van der Waals surface area contributed by atoms with Gasteiger partial charge in [0.1, 0.15) is 11.6 Å². The van der Waals surface area contributed by atoms with Crippen molar-refractivity contribution in [2.75, 3.05) is 0 Å². The normalized spacial score (nSPS) is 12.4. The topological polar surface area (TPSA) is 50.4 Å². The quantitative estimate of drug-likeness (QED) is 0.659. The molecule has 1 aromatic carbocycles. The van der Waals surface area contributed by atoms with Crippen molar-refractivity contribution in [2.45, 2.75) is 45.9 Å². The summed E-state index contributed by atoms with van der Waals surface area (Å²) in [5.41, 5.74) is 0.633. The van der Waals surface area contributed by atoms with Gasteiger partial charge in [-0.3, -0.25) is 0 Å². The van der Waals surface area contributed by atoms with Crippen LogP contribution in [0.1, 0.15) is 33.3 Å². The summed E-state index contributed by atoms with van der Waals surface area (Å²) < 4.78 is 5.27. The van der Waals surface area contributed by atoms with Crippen molar-refractivity contribution in [1.82, 2.24) is 10.6 Å². The van der Waals surface area contributed by atoms with E-state index in [4.69, 9.17) is 17.0 Å². The Hall–Kier alpha value is -1.62. The van der Waals surface area contributed by atoms with Gasteiger partial charge in [-0.15, -0.1) is 0 Å². The fourth-order valence-electron chi connectivity index (χ4n) is 1.47. The highest BCUT2D eigenvalue weighted by atomic mass is 32.1. The summed E-state index contributed by atoms with van der Waals surface area (Å²) in [6.07, 6.45) is 0. The summed E-state index contributed by atoms with van der Waals surface area (Å²) in [6, 6.07) is 9.43. The molecule has 110 valence electrons. The summed E-state index contributed by atoms with van der Waals surface area (Å²) in [5, 5.41) is 6.42. The molecule has 0 saturated heterocycles. The van der Waals surface area contributed by atoms with Crippen LogP contribution in [0.25, 0.3) is 0 Å². The first-order chi connectivity index (χ1) is 9.28. The number of benzene rings is 1. The predicted molar refractivity (Wildman–Crippen MR) is 84.3 cm³/mol. The van der Waals surface area contributed by atoms with Crippen LogP contribution in [-0.4, -0.2) is 22.7 Å². The van der Waals surface area contributed by atoms with Crippen LogP contribution in [0.15, 0.2) is 30.3 Å². The zero-order valence-electron chi connectivity index (χ0n) is 12.4. The average molecular weight is 294 g/mol. The molecule has 2 N–H and O–H groups in total. The summed E-state index contributed by atoms with van der Waals surface area (Å²) in [6.45, 7) is 7.86. The molecule has 0 aliphatic heterocycles. The molecule has 0 radical (unpaired) electrons. The molecule has 0 amide bonds. The lowest BCUT2D eigenvalue weighted by molar-refractivity contribution is -0.156. The van der Waals surface area contributed by atoms with Crippen molar-refractivity contribution in [2.24, 2.45) is 0 Å². The van der Waals surface area contributed by atoms with E-state index in [1.807, 2.05) is 51.1 Å². The molecule has 0 aliphatic rings. The Morgan fingerprint density at radius 2 is 1.90 bits per heavy atom. The molecular formula is C15H22N2O2S. The van der Waals surface area contributed by atoms with E-state index in [-0.39, 0.29) is 5.97 Å². The van der Waals surface area contributed by atoms with Crippen LogP contribution in [0, 0.1) is 0 Å². The Kier molecular flexibility index (Phi) is 5.95. The lowest BCUT2D eigenvalue weighted by Crippen LogP contribution is -2.46. The summed E-state index contributed by atoms with van der Waals surface area (Å²) in [7, 11) is 0. The molecule has 1 unspecified atom stereocenters. The molecule has 0 aliphatic carbocycles. The molecule has 5 heteroatoms. The molecule has 0 bridgehead atoms. The zero-order valence-corrected chi connectivity index (χ0v) is 13.2. The average Bonchev–Trinajstić information content (AvgIpc) is 2.35. The molecule has 20 heavy (non-hydrogen) atoms. The van der Waals surface area contributed by atoms with Crippen molar-refractivity contribution in [1.29, 1.82) is 0 Å². The van der Waals surface area contributed by atoms with E-state index < -0.39 is 11.6 Å². The van der Waals surface area contributed by atoms with E-state index in [0.717, 1.165) is 5.56 Å². The van der Waals surface area contributed by atoms with Gasteiger partial charge in [0, 0.05) is 6.54 Å². The first-order valence-electron chi connectivity index (χ1n) is 6.59. The SMILES string of the molecule is CC(NC(=S)NCc1ccccc1)C(=O)OC(C)(C)C. The van der Waals surface area contributed by atoms with Gasteiger partial charge in [-0.2, -0.15) is 0 Å². The van der Waals surface area contributed by atoms with Crippen LogP contribution in [-0.2, 0) is 16.1 Å². The number of rotatable bonds is 4. The van der Waals surface area contributed by atoms with Crippen LogP contribution in [0.4, 0.5) is 0 Å². The number of carbonyl (C=O) groups is 1. The minimum Gasteiger partial charge on any atom is -0.458 e. The van der Waals surface area contributed by atoms with Crippen molar-refractivity contribution in [3.63, 3.8) is 0 Å². The molecule has 1 aromatic rings. The molecule has 0 aromatic heterocycles. The maximum absolute atomic E-state index is 11.8. The third-order valence-corrected chi connectivity index (χ3v) is 2.67. The Bertz CT molecular complexity index is 455. The second-order valence-corrected chi connectivity index (χ2v) is 5.98. The van der Waals surface area contributed by atoms with Crippen LogP contribution >= 0.6 is 12.2 Å². The summed E-state index contributed by atoms with van der Waals surface area (Å²) >= 11 is 5.16. The fourth-order valence-corrected chi connectivity index (χ4v) is 1.72. The first-order valence-corrected chi connectivity index (χ1v) is 7.00. The number of nitrogens with one attached hydrogen (secondary N) is 2. The number of hydrogen-bond acceptors (Lipinski definition) is 3. The fraction of sp³-hybridized carbons (Fsp3) is 0.467. The number of esters is 1. The van der Waals surface area contributed by atoms with E-state index in [1.165, 1.54) is 0 Å². The second kappa shape index (κ2) is 7.24. The van der Waals surface area contributed by atoms with Crippen molar-refractivity contribution < 1.29 is 9.53 Å². The first kappa shape index (κ1) is 16.4. The molecule has 1 rings (SSSR count). The molecule has 0 spiro atoms. The second-order valence-electron chi connectivity index (χ2n) is 5.57. The smallest absolute Gasteiger partial charge is 0.328 e. The van der Waals surface area contributed by atoms with Gasteiger partial charge in [0.25, 0.3) is 0 Å². The van der Waals surface area contributed by atoms with Crippen LogP contribution in [0.2, 0.25) is 0 Å².